The van der Waals surface area contributed by atoms with Gasteiger partial charge in [-0.3, -0.25) is 9.59 Å². The van der Waals surface area contributed by atoms with E-state index in [9.17, 15) is 9.59 Å². The largest absolute Gasteiger partial charge is 0.469 e. The van der Waals surface area contributed by atoms with E-state index in [-0.39, 0.29) is 30.5 Å². The Kier molecular flexibility index (Phi) is 7.06. The second-order valence-corrected chi connectivity index (χ2v) is 9.56. The Labute approximate surface area is 206 Å². The van der Waals surface area contributed by atoms with Crippen LogP contribution >= 0.6 is 0 Å². The molecule has 4 heterocycles. The number of anilines is 1. The summed E-state index contributed by atoms with van der Waals surface area (Å²) in [6, 6.07) is 10.1. The van der Waals surface area contributed by atoms with Crippen LogP contribution in [0.5, 0.6) is 11.5 Å². The molecule has 5 rings (SSSR count). The van der Waals surface area contributed by atoms with Crippen molar-refractivity contribution in [1.29, 1.82) is 0 Å². The van der Waals surface area contributed by atoms with Gasteiger partial charge in [0.1, 0.15) is 5.82 Å². The molecule has 8 nitrogen and oxygen atoms in total. The smallest absolute Gasteiger partial charge is 0.306 e. The van der Waals surface area contributed by atoms with Gasteiger partial charge in [0.25, 0.3) is 0 Å². The second kappa shape index (κ2) is 10.5. The Morgan fingerprint density at radius 2 is 2.00 bits per heavy atom. The molecule has 8 heteroatoms. The molecule has 1 atom stereocenters. The van der Waals surface area contributed by atoms with Gasteiger partial charge in [0.2, 0.25) is 12.7 Å². The van der Waals surface area contributed by atoms with Crippen LogP contribution in [-0.2, 0) is 27.2 Å². The maximum absolute atomic E-state index is 12.9. The first-order chi connectivity index (χ1) is 17.1. The number of piperidine rings is 1. The fourth-order valence-electron chi connectivity index (χ4n) is 5.42. The number of nitrogens with one attached hydrogen (secondary N) is 1. The lowest BCUT2D eigenvalue weighted by atomic mass is 9.78. The molecule has 1 N–H and O–H groups in total. The number of methoxy groups -OCH3 is 1. The average molecular weight is 480 g/mol. The van der Waals surface area contributed by atoms with Crippen molar-refractivity contribution in [3.8, 4) is 11.5 Å². The zero-order valence-electron chi connectivity index (χ0n) is 20.3. The summed E-state index contributed by atoms with van der Waals surface area (Å²) in [4.78, 5) is 31.8. The van der Waals surface area contributed by atoms with Crippen LogP contribution in [0.2, 0.25) is 0 Å². The SMILES string of the molecule is COC(=O)CC(c1ccc2c(c1)OCO2)C1CCN(C(=O)CCc2ccc3c(n2)NCCC3)CC1. The number of ether oxygens (including phenoxy) is 3. The number of esters is 1. The summed E-state index contributed by atoms with van der Waals surface area (Å²) in [5.41, 5.74) is 3.27. The average Bonchev–Trinajstić information content (AvgIpc) is 3.38. The fraction of sp³-hybridized carbons (Fsp3) is 0.519. The summed E-state index contributed by atoms with van der Waals surface area (Å²) < 4.78 is 16.0. The highest BCUT2D eigenvalue weighted by molar-refractivity contribution is 5.76. The van der Waals surface area contributed by atoms with E-state index in [1.54, 1.807) is 0 Å². The van der Waals surface area contributed by atoms with Crippen molar-refractivity contribution in [3.05, 3.63) is 47.2 Å². The molecule has 35 heavy (non-hydrogen) atoms. The number of carbonyl (C=O) groups excluding carboxylic acids is 2. The van der Waals surface area contributed by atoms with Crippen LogP contribution in [0.1, 0.15) is 54.8 Å². The summed E-state index contributed by atoms with van der Waals surface area (Å²) in [5, 5.41) is 3.36. The van der Waals surface area contributed by atoms with E-state index < -0.39 is 0 Å². The minimum Gasteiger partial charge on any atom is -0.469 e. The molecule has 3 aliphatic heterocycles. The lowest BCUT2D eigenvalue weighted by Crippen LogP contribution is -2.40. The quantitative estimate of drug-likeness (QED) is 0.606. The summed E-state index contributed by atoms with van der Waals surface area (Å²) in [5.74, 6) is 2.67. The van der Waals surface area contributed by atoms with Crippen molar-refractivity contribution in [1.82, 2.24) is 9.88 Å². The molecule has 1 fully saturated rings. The number of fused-ring (bicyclic) bond motifs is 2. The van der Waals surface area contributed by atoms with Gasteiger partial charge in [-0.05, 0) is 73.3 Å². The Balaban J connectivity index is 1.18. The van der Waals surface area contributed by atoms with Crippen molar-refractivity contribution in [2.75, 3.05) is 38.9 Å². The first-order valence-electron chi connectivity index (χ1n) is 12.6. The number of hydrogen-bond donors (Lipinski definition) is 1. The molecule has 0 spiro atoms. The third-order valence-corrected chi connectivity index (χ3v) is 7.45. The van der Waals surface area contributed by atoms with Crippen LogP contribution in [0.4, 0.5) is 5.82 Å². The highest BCUT2D eigenvalue weighted by Crippen LogP contribution is 2.40. The molecule has 0 saturated carbocycles. The normalized spacial score (nSPS) is 17.9. The number of amides is 1. The lowest BCUT2D eigenvalue weighted by Gasteiger charge is -2.36. The van der Waals surface area contributed by atoms with Crippen LogP contribution in [0.25, 0.3) is 0 Å². The van der Waals surface area contributed by atoms with Gasteiger partial charge in [-0.1, -0.05) is 12.1 Å². The lowest BCUT2D eigenvalue weighted by molar-refractivity contribution is -0.142. The van der Waals surface area contributed by atoms with Crippen LogP contribution in [-0.4, -0.2) is 55.3 Å². The molecule has 0 radical (unpaired) electrons. The van der Waals surface area contributed by atoms with E-state index in [2.05, 4.69) is 11.4 Å². The van der Waals surface area contributed by atoms with Gasteiger partial charge in [-0.25, -0.2) is 4.98 Å². The predicted octanol–water partition coefficient (Wildman–Crippen LogP) is 3.69. The molecule has 1 unspecified atom stereocenters. The van der Waals surface area contributed by atoms with Crippen LogP contribution < -0.4 is 14.8 Å². The Hall–Kier alpha value is -3.29. The maximum atomic E-state index is 12.9. The number of pyridine rings is 1. The van der Waals surface area contributed by atoms with Crippen molar-refractivity contribution < 1.29 is 23.8 Å². The Morgan fingerprint density at radius 1 is 1.17 bits per heavy atom. The van der Waals surface area contributed by atoms with Gasteiger partial charge in [0, 0.05) is 31.7 Å². The van der Waals surface area contributed by atoms with Crippen molar-refractivity contribution in [2.45, 2.75) is 50.9 Å². The van der Waals surface area contributed by atoms with Gasteiger partial charge < -0.3 is 24.4 Å². The van der Waals surface area contributed by atoms with Gasteiger partial charge in [-0.15, -0.1) is 0 Å². The predicted molar refractivity (Wildman–Crippen MR) is 131 cm³/mol. The standard InChI is InChI=1S/C27H33N3O5/c1-33-26(32)16-22(20-5-8-23-24(15-20)35-17-34-23)18-10-13-30(14-11-18)25(31)9-7-21-6-4-19-3-2-12-28-27(19)29-21/h4-6,8,15,18,22H,2-3,7,9-14,16-17H2,1H3,(H,28,29). The molecule has 1 aromatic carbocycles. The molecule has 1 saturated heterocycles. The van der Waals surface area contributed by atoms with Gasteiger partial charge in [-0.2, -0.15) is 0 Å². The topological polar surface area (TPSA) is 90.0 Å². The summed E-state index contributed by atoms with van der Waals surface area (Å²) in [7, 11) is 1.42. The molecular weight excluding hydrogens is 446 g/mol. The minimum atomic E-state index is -0.224. The van der Waals surface area contributed by atoms with Crippen LogP contribution in [0.15, 0.2) is 30.3 Å². The molecule has 3 aliphatic rings. The first kappa shape index (κ1) is 23.5. The molecule has 1 amide bonds. The van der Waals surface area contributed by atoms with Gasteiger partial charge in [0.15, 0.2) is 11.5 Å². The number of aryl methyl sites for hydroxylation is 2. The Bertz CT molecular complexity index is 1080. The van der Waals surface area contributed by atoms with E-state index in [0.29, 0.717) is 32.4 Å². The number of hydrogen-bond acceptors (Lipinski definition) is 7. The van der Waals surface area contributed by atoms with Crippen LogP contribution in [0, 0.1) is 5.92 Å². The van der Waals surface area contributed by atoms with E-state index in [1.807, 2.05) is 29.2 Å². The second-order valence-electron chi connectivity index (χ2n) is 9.56. The third-order valence-electron chi connectivity index (χ3n) is 7.45. The number of likely N-dealkylation sites (tertiary alicyclic amines) is 1. The van der Waals surface area contributed by atoms with Gasteiger partial charge in [0.05, 0.1) is 13.5 Å². The van der Waals surface area contributed by atoms with E-state index in [4.69, 9.17) is 19.2 Å². The van der Waals surface area contributed by atoms with E-state index >= 15 is 0 Å². The third kappa shape index (κ3) is 5.36. The number of rotatable bonds is 7. The van der Waals surface area contributed by atoms with E-state index in [0.717, 1.165) is 60.8 Å². The summed E-state index contributed by atoms with van der Waals surface area (Å²) >= 11 is 0. The van der Waals surface area contributed by atoms with E-state index in [1.165, 1.54) is 12.7 Å². The number of aromatic nitrogens is 1. The van der Waals surface area contributed by atoms with Crippen LogP contribution in [0.3, 0.4) is 0 Å². The Morgan fingerprint density at radius 3 is 2.83 bits per heavy atom. The zero-order valence-corrected chi connectivity index (χ0v) is 20.3. The molecule has 0 aliphatic carbocycles. The van der Waals surface area contributed by atoms with Crippen molar-refractivity contribution in [2.24, 2.45) is 5.92 Å². The molecule has 186 valence electrons. The summed E-state index contributed by atoms with van der Waals surface area (Å²) in [6.45, 7) is 2.58. The molecular formula is C27H33N3O5. The molecule has 1 aromatic heterocycles. The van der Waals surface area contributed by atoms with Crippen molar-refractivity contribution >= 4 is 17.7 Å². The molecule has 2 aromatic rings. The number of carbonyl (C=O) groups is 2. The monoisotopic (exact) mass is 479 g/mol. The maximum Gasteiger partial charge on any atom is 0.306 e. The number of benzene rings is 1. The summed E-state index contributed by atoms with van der Waals surface area (Å²) in [6.07, 6.45) is 5.32. The fourth-order valence-corrected chi connectivity index (χ4v) is 5.42. The van der Waals surface area contributed by atoms with Gasteiger partial charge >= 0.3 is 5.97 Å². The number of nitrogens with zero attached hydrogens (tertiary/aromatic N) is 2. The minimum absolute atomic E-state index is 0.0152. The highest BCUT2D eigenvalue weighted by Gasteiger charge is 2.32. The zero-order chi connectivity index (χ0) is 24.2. The van der Waals surface area contributed by atoms with Crippen molar-refractivity contribution in [3.63, 3.8) is 0 Å². The highest BCUT2D eigenvalue weighted by atomic mass is 16.7. The molecule has 0 bridgehead atoms. The first-order valence-corrected chi connectivity index (χ1v) is 12.6.